The summed E-state index contributed by atoms with van der Waals surface area (Å²) >= 11 is 5.81. The largest absolute Gasteiger partial charge is 0.363 e. The maximum absolute atomic E-state index is 14.3. The molecule has 1 saturated heterocycles. The van der Waals surface area contributed by atoms with Gasteiger partial charge in [-0.1, -0.05) is 17.2 Å². The summed E-state index contributed by atoms with van der Waals surface area (Å²) in [6, 6.07) is 9.07. The van der Waals surface area contributed by atoms with Gasteiger partial charge in [0.1, 0.15) is 17.3 Å². The Balaban J connectivity index is 1.72. The molecule has 0 radical (unpaired) electrons. The van der Waals surface area contributed by atoms with Crippen molar-refractivity contribution in [3.8, 4) is 0 Å². The van der Waals surface area contributed by atoms with Crippen LogP contribution in [0.2, 0.25) is 0 Å². The summed E-state index contributed by atoms with van der Waals surface area (Å²) < 4.78 is 28.5. The molecule has 2 aromatic rings. The van der Waals surface area contributed by atoms with Crippen LogP contribution in [-0.4, -0.2) is 37.0 Å². The van der Waals surface area contributed by atoms with E-state index in [2.05, 4.69) is 10.0 Å². The highest BCUT2D eigenvalue weighted by molar-refractivity contribution is 6.17. The molecule has 0 aromatic heterocycles. The summed E-state index contributed by atoms with van der Waals surface area (Å²) in [6.07, 6.45) is 0. The van der Waals surface area contributed by atoms with Crippen molar-refractivity contribution >= 4 is 28.9 Å². The lowest BCUT2D eigenvalue weighted by molar-refractivity contribution is 0.0746. The number of nitrogens with zero attached hydrogens (tertiary/aromatic N) is 5. The van der Waals surface area contributed by atoms with E-state index in [-0.39, 0.29) is 30.4 Å². The highest BCUT2D eigenvalue weighted by Crippen LogP contribution is 2.29. The van der Waals surface area contributed by atoms with E-state index < -0.39 is 11.6 Å². The van der Waals surface area contributed by atoms with E-state index >= 15 is 0 Å². The van der Waals surface area contributed by atoms with Gasteiger partial charge in [-0.05, 0) is 35.4 Å². The Morgan fingerprint density at radius 2 is 1.81 bits per heavy atom. The third-order valence-corrected chi connectivity index (χ3v) is 4.68. The van der Waals surface area contributed by atoms with Crippen molar-refractivity contribution in [2.24, 2.45) is 5.11 Å². The number of piperazine rings is 1. The summed E-state index contributed by atoms with van der Waals surface area (Å²) in [4.78, 5) is 18.3. The number of alkyl halides is 1. The van der Waals surface area contributed by atoms with Gasteiger partial charge in [0, 0.05) is 48.2 Å². The Bertz CT molecular complexity index is 885. The molecule has 1 heterocycles. The lowest BCUT2D eigenvalue weighted by Crippen LogP contribution is -2.49. The fourth-order valence-electron chi connectivity index (χ4n) is 3.07. The van der Waals surface area contributed by atoms with E-state index in [4.69, 9.17) is 17.1 Å². The molecule has 0 bridgehead atoms. The van der Waals surface area contributed by atoms with Crippen LogP contribution in [0.25, 0.3) is 10.4 Å². The Hall–Kier alpha value is -2.83. The molecular weight excluding hydrogens is 376 g/mol. The molecular formula is C18H16ClF2N5O. The molecule has 1 aliphatic heterocycles. The summed E-state index contributed by atoms with van der Waals surface area (Å²) in [7, 11) is 0. The predicted octanol–water partition coefficient (Wildman–Crippen LogP) is 4.61. The van der Waals surface area contributed by atoms with E-state index in [9.17, 15) is 13.6 Å². The first kappa shape index (κ1) is 18.9. The van der Waals surface area contributed by atoms with Crippen LogP contribution in [0.5, 0.6) is 0 Å². The molecule has 0 unspecified atom stereocenters. The Kier molecular flexibility index (Phi) is 5.78. The first-order valence-corrected chi connectivity index (χ1v) is 8.80. The van der Waals surface area contributed by atoms with Crippen molar-refractivity contribution in [3.63, 3.8) is 0 Å². The molecule has 140 valence electrons. The second kappa shape index (κ2) is 8.24. The molecule has 0 aliphatic carbocycles. The molecule has 0 saturated carbocycles. The average molecular weight is 392 g/mol. The number of amides is 1. The summed E-state index contributed by atoms with van der Waals surface area (Å²) in [6.45, 7) is 1.24. The van der Waals surface area contributed by atoms with Gasteiger partial charge in [0.25, 0.3) is 5.91 Å². The fourth-order valence-corrected chi connectivity index (χ4v) is 3.23. The number of hydrogen-bond acceptors (Lipinski definition) is 3. The van der Waals surface area contributed by atoms with Crippen LogP contribution >= 0.6 is 11.6 Å². The molecule has 0 atom stereocenters. The molecule has 6 nitrogen and oxygen atoms in total. The van der Waals surface area contributed by atoms with Gasteiger partial charge >= 0.3 is 0 Å². The minimum atomic E-state index is -0.799. The number of benzene rings is 2. The smallest absolute Gasteiger partial charge is 0.253 e. The molecule has 1 fully saturated rings. The van der Waals surface area contributed by atoms with E-state index in [0.717, 1.165) is 17.7 Å². The maximum Gasteiger partial charge on any atom is 0.253 e. The number of carbonyl (C=O) groups excluding carboxylic acids is 1. The first-order chi connectivity index (χ1) is 13.0. The molecule has 9 heteroatoms. The predicted molar refractivity (Wildman–Crippen MR) is 99.3 cm³/mol. The minimum absolute atomic E-state index is 0.121. The number of rotatable bonds is 4. The van der Waals surface area contributed by atoms with Gasteiger partial charge in [0.05, 0.1) is 0 Å². The van der Waals surface area contributed by atoms with Crippen LogP contribution in [0.4, 0.5) is 20.2 Å². The zero-order valence-electron chi connectivity index (χ0n) is 14.3. The SMILES string of the molecule is [N-]=[N+]=Nc1cc(F)c(N2CCN(C(=O)c3cccc(CCl)c3)CC2)c(F)c1. The molecule has 3 rings (SSSR count). The highest BCUT2D eigenvalue weighted by atomic mass is 35.5. The van der Waals surface area contributed by atoms with Crippen LogP contribution in [0, 0.1) is 11.6 Å². The monoisotopic (exact) mass is 391 g/mol. The molecule has 1 amide bonds. The number of halogens is 3. The van der Waals surface area contributed by atoms with E-state index in [1.807, 2.05) is 6.07 Å². The second-order valence-corrected chi connectivity index (χ2v) is 6.33. The van der Waals surface area contributed by atoms with Crippen molar-refractivity contribution in [1.82, 2.24) is 4.90 Å². The summed E-state index contributed by atoms with van der Waals surface area (Å²) in [5, 5.41) is 3.22. The summed E-state index contributed by atoms with van der Waals surface area (Å²) in [5.41, 5.74) is 9.48. The van der Waals surface area contributed by atoms with Crippen molar-refractivity contribution in [2.75, 3.05) is 31.1 Å². The van der Waals surface area contributed by atoms with Gasteiger partial charge in [0.15, 0.2) is 0 Å². The van der Waals surface area contributed by atoms with Gasteiger partial charge in [0.2, 0.25) is 0 Å². The Morgan fingerprint density at radius 3 is 2.41 bits per heavy atom. The lowest BCUT2D eigenvalue weighted by Gasteiger charge is -2.36. The normalized spacial score (nSPS) is 14.0. The number of azide groups is 1. The van der Waals surface area contributed by atoms with Gasteiger partial charge < -0.3 is 9.80 Å². The third kappa shape index (κ3) is 4.13. The van der Waals surface area contributed by atoms with Crippen LogP contribution in [0.1, 0.15) is 15.9 Å². The van der Waals surface area contributed by atoms with Crippen molar-refractivity contribution in [3.05, 3.63) is 69.6 Å². The number of hydrogen-bond donors (Lipinski definition) is 0. The zero-order valence-corrected chi connectivity index (χ0v) is 15.0. The van der Waals surface area contributed by atoms with E-state index in [1.165, 1.54) is 0 Å². The third-order valence-electron chi connectivity index (χ3n) is 4.37. The van der Waals surface area contributed by atoms with Gasteiger partial charge in [-0.25, -0.2) is 8.78 Å². The number of anilines is 1. The summed E-state index contributed by atoms with van der Waals surface area (Å²) in [5.74, 6) is -1.42. The lowest BCUT2D eigenvalue weighted by atomic mass is 10.1. The standard InChI is InChI=1S/C18H16ClF2N5O/c19-11-12-2-1-3-13(8-12)18(27)26-6-4-25(5-7-26)17-15(20)9-14(23-24-22)10-16(17)21/h1-3,8-10H,4-7,11H2. The van der Waals surface area contributed by atoms with Gasteiger partial charge in [-0.2, -0.15) is 0 Å². The quantitative estimate of drug-likeness (QED) is 0.330. The van der Waals surface area contributed by atoms with Crippen LogP contribution < -0.4 is 4.90 Å². The number of carbonyl (C=O) groups is 1. The zero-order chi connectivity index (χ0) is 19.4. The Morgan fingerprint density at radius 1 is 1.15 bits per heavy atom. The molecule has 2 aromatic carbocycles. The van der Waals surface area contributed by atoms with E-state index in [0.29, 0.717) is 24.5 Å². The average Bonchev–Trinajstić information content (AvgIpc) is 2.68. The fraction of sp³-hybridized carbons (Fsp3) is 0.278. The highest BCUT2D eigenvalue weighted by Gasteiger charge is 2.26. The second-order valence-electron chi connectivity index (χ2n) is 6.06. The topological polar surface area (TPSA) is 72.3 Å². The Labute approximate surface area is 159 Å². The molecule has 1 aliphatic rings. The maximum atomic E-state index is 14.3. The minimum Gasteiger partial charge on any atom is -0.363 e. The van der Waals surface area contributed by atoms with Crippen molar-refractivity contribution < 1.29 is 13.6 Å². The molecule has 27 heavy (non-hydrogen) atoms. The van der Waals surface area contributed by atoms with Gasteiger partial charge in [-0.3, -0.25) is 4.79 Å². The van der Waals surface area contributed by atoms with Crippen LogP contribution in [0.15, 0.2) is 41.5 Å². The van der Waals surface area contributed by atoms with Crippen molar-refractivity contribution in [2.45, 2.75) is 5.88 Å². The van der Waals surface area contributed by atoms with Gasteiger partial charge in [-0.15, -0.1) is 11.6 Å². The molecule has 0 spiro atoms. The first-order valence-electron chi connectivity index (χ1n) is 8.26. The van der Waals surface area contributed by atoms with E-state index in [1.54, 1.807) is 28.0 Å². The van der Waals surface area contributed by atoms with Crippen molar-refractivity contribution in [1.29, 1.82) is 0 Å². The molecule has 0 N–H and O–H groups in total. The van der Waals surface area contributed by atoms with Crippen LogP contribution in [-0.2, 0) is 5.88 Å². The van der Waals surface area contributed by atoms with Crippen LogP contribution in [0.3, 0.4) is 0 Å².